The third-order valence-corrected chi connectivity index (χ3v) is 4.87. The predicted octanol–water partition coefficient (Wildman–Crippen LogP) is 3.13. The van der Waals surface area contributed by atoms with E-state index in [1.165, 1.54) is 41.7 Å². The molecule has 0 unspecified atom stereocenters. The van der Waals surface area contributed by atoms with E-state index in [-0.39, 0.29) is 21.8 Å². The summed E-state index contributed by atoms with van der Waals surface area (Å²) in [4.78, 5) is 12.1. The number of thioether (sulfide) groups is 1. The first-order valence-corrected chi connectivity index (χ1v) is 8.47. The number of thiophene rings is 1. The molecule has 0 aliphatic carbocycles. The highest BCUT2D eigenvalue weighted by atomic mass is 32.2. The van der Waals surface area contributed by atoms with Gasteiger partial charge in [0.15, 0.2) is 0 Å². The van der Waals surface area contributed by atoms with Crippen molar-refractivity contribution in [3.8, 4) is 11.5 Å². The summed E-state index contributed by atoms with van der Waals surface area (Å²) in [5.41, 5.74) is 1.51. The zero-order valence-electron chi connectivity index (χ0n) is 12.4. The Morgan fingerprint density at radius 2 is 2.04 bits per heavy atom. The van der Waals surface area contributed by atoms with Crippen molar-refractivity contribution >= 4 is 35.1 Å². The Hall–Kier alpha value is -2.45. The molecule has 3 aromatic rings. The molecule has 0 bridgehead atoms. The van der Waals surface area contributed by atoms with E-state index >= 15 is 0 Å². The zero-order chi connectivity index (χ0) is 17.1. The van der Waals surface area contributed by atoms with E-state index in [9.17, 15) is 14.3 Å². The lowest BCUT2D eigenvalue weighted by atomic mass is 10.2. The van der Waals surface area contributed by atoms with Crippen LogP contribution in [0, 0.1) is 12.7 Å². The minimum atomic E-state index is -1.32. The smallest absolute Gasteiger partial charge is 0.281 e. The number of aliphatic carboxylic acids is 1. The minimum absolute atomic E-state index is 0.0325. The standard InChI is InChI=1S/C16H11FN2O3S2/c1-9-6-7-23-12(9)8-13(15(20)21)24-16-19-18-14(22-16)10-2-4-11(17)5-3-10/h2-8H,1H3,(H,20,21)/p-1/b13-8+. The lowest BCUT2D eigenvalue weighted by molar-refractivity contribution is -0.298. The third-order valence-electron chi connectivity index (χ3n) is 3.06. The molecule has 0 N–H and O–H groups in total. The molecule has 2 aromatic heterocycles. The first kappa shape index (κ1) is 16.4. The normalized spacial score (nSPS) is 11.7. The van der Waals surface area contributed by atoms with Crippen molar-refractivity contribution in [2.75, 3.05) is 0 Å². The number of hydrogen-bond acceptors (Lipinski definition) is 7. The first-order valence-electron chi connectivity index (χ1n) is 6.77. The second-order valence-corrected chi connectivity index (χ2v) is 6.69. The summed E-state index contributed by atoms with van der Waals surface area (Å²) in [6.45, 7) is 1.89. The molecule has 0 amide bonds. The molecule has 0 saturated carbocycles. The average molecular weight is 361 g/mol. The van der Waals surface area contributed by atoms with Gasteiger partial charge in [0.25, 0.3) is 5.22 Å². The van der Waals surface area contributed by atoms with Crippen LogP contribution in [0.2, 0.25) is 0 Å². The van der Waals surface area contributed by atoms with Crippen molar-refractivity contribution in [1.29, 1.82) is 0 Å². The van der Waals surface area contributed by atoms with Gasteiger partial charge in [-0.1, -0.05) is 0 Å². The van der Waals surface area contributed by atoms with Crippen LogP contribution in [0.1, 0.15) is 10.4 Å². The van der Waals surface area contributed by atoms with Crippen LogP contribution in [-0.2, 0) is 4.79 Å². The van der Waals surface area contributed by atoms with Gasteiger partial charge >= 0.3 is 0 Å². The number of carboxylic acids is 1. The summed E-state index contributed by atoms with van der Waals surface area (Å²) >= 11 is 2.24. The Bertz CT molecular complexity index is 900. The molecule has 0 radical (unpaired) electrons. The van der Waals surface area contributed by atoms with Gasteiger partial charge in [0.1, 0.15) is 5.82 Å². The summed E-state index contributed by atoms with van der Waals surface area (Å²) in [7, 11) is 0. The molecule has 0 aliphatic rings. The summed E-state index contributed by atoms with van der Waals surface area (Å²) in [6.07, 6.45) is 1.52. The first-order chi connectivity index (χ1) is 11.5. The molecule has 0 atom stereocenters. The Morgan fingerprint density at radius 1 is 1.29 bits per heavy atom. The number of nitrogens with zero attached hydrogens (tertiary/aromatic N) is 2. The average Bonchev–Trinajstić information content (AvgIpc) is 3.17. The number of aromatic nitrogens is 2. The molecule has 0 aliphatic heterocycles. The van der Waals surface area contributed by atoms with Crippen molar-refractivity contribution in [3.05, 3.63) is 56.9 Å². The van der Waals surface area contributed by atoms with E-state index in [1.54, 1.807) is 0 Å². The Kier molecular flexibility index (Phi) is 4.77. The van der Waals surface area contributed by atoms with Gasteiger partial charge in [0, 0.05) is 15.3 Å². The van der Waals surface area contributed by atoms with Crippen LogP contribution in [0.15, 0.2) is 50.3 Å². The maximum atomic E-state index is 12.9. The van der Waals surface area contributed by atoms with E-state index in [0.717, 1.165) is 22.2 Å². The fourth-order valence-corrected chi connectivity index (χ4v) is 3.42. The highest BCUT2D eigenvalue weighted by Gasteiger charge is 2.13. The molecule has 8 heteroatoms. The van der Waals surface area contributed by atoms with E-state index in [1.807, 2.05) is 18.4 Å². The number of carboxylic acid groups (broad SMARTS) is 1. The van der Waals surface area contributed by atoms with E-state index in [2.05, 4.69) is 10.2 Å². The van der Waals surface area contributed by atoms with Gasteiger partial charge in [-0.3, -0.25) is 0 Å². The van der Waals surface area contributed by atoms with Crippen LogP contribution >= 0.6 is 23.1 Å². The molecule has 0 spiro atoms. The highest BCUT2D eigenvalue weighted by molar-refractivity contribution is 8.03. The fraction of sp³-hybridized carbons (Fsp3) is 0.0625. The minimum Gasteiger partial charge on any atom is -0.544 e. The van der Waals surface area contributed by atoms with E-state index in [4.69, 9.17) is 4.42 Å². The topological polar surface area (TPSA) is 79.0 Å². The molecular weight excluding hydrogens is 351 g/mol. The van der Waals surface area contributed by atoms with Gasteiger partial charge < -0.3 is 14.3 Å². The van der Waals surface area contributed by atoms with Gasteiger partial charge in [0.2, 0.25) is 5.89 Å². The Balaban J connectivity index is 1.84. The second-order valence-electron chi connectivity index (χ2n) is 4.75. The number of hydrogen-bond donors (Lipinski definition) is 0. The lowest BCUT2D eigenvalue weighted by Crippen LogP contribution is -2.22. The molecule has 0 saturated heterocycles. The Morgan fingerprint density at radius 3 is 2.67 bits per heavy atom. The van der Waals surface area contributed by atoms with Crippen LogP contribution in [0.5, 0.6) is 0 Å². The number of benzene rings is 1. The maximum absolute atomic E-state index is 12.9. The molecule has 3 rings (SSSR count). The molecule has 0 fully saturated rings. The number of halogens is 1. The van der Waals surface area contributed by atoms with E-state index in [0.29, 0.717) is 5.56 Å². The number of carbonyl (C=O) groups excluding carboxylic acids is 1. The molecule has 122 valence electrons. The van der Waals surface area contributed by atoms with Gasteiger partial charge in [0.05, 0.1) is 5.97 Å². The summed E-state index contributed by atoms with van der Waals surface area (Å²) in [6, 6.07) is 7.45. The van der Waals surface area contributed by atoms with Crippen molar-refractivity contribution in [3.63, 3.8) is 0 Å². The summed E-state index contributed by atoms with van der Waals surface area (Å²) < 4.78 is 18.4. The maximum Gasteiger partial charge on any atom is 0.281 e. The number of carbonyl (C=O) groups is 1. The molecule has 2 heterocycles. The highest BCUT2D eigenvalue weighted by Crippen LogP contribution is 2.31. The van der Waals surface area contributed by atoms with Crippen LogP contribution in [0.25, 0.3) is 17.5 Å². The van der Waals surface area contributed by atoms with Gasteiger partial charge in [-0.2, -0.15) is 0 Å². The molecule has 1 aromatic carbocycles. The second kappa shape index (κ2) is 6.98. The number of rotatable bonds is 5. The van der Waals surface area contributed by atoms with Gasteiger partial charge in [-0.15, -0.1) is 21.5 Å². The zero-order valence-corrected chi connectivity index (χ0v) is 14.0. The van der Waals surface area contributed by atoms with Crippen LogP contribution in [0.4, 0.5) is 4.39 Å². The quantitative estimate of drug-likeness (QED) is 0.513. The summed E-state index contributed by atoms with van der Waals surface area (Å²) in [5, 5.41) is 20.9. The van der Waals surface area contributed by atoms with Crippen LogP contribution in [0.3, 0.4) is 0 Å². The van der Waals surface area contributed by atoms with E-state index < -0.39 is 5.97 Å². The van der Waals surface area contributed by atoms with Crippen LogP contribution in [-0.4, -0.2) is 16.2 Å². The van der Waals surface area contributed by atoms with Crippen molar-refractivity contribution in [2.24, 2.45) is 0 Å². The van der Waals surface area contributed by atoms with Gasteiger partial charge in [-0.05, 0) is 66.0 Å². The summed E-state index contributed by atoms with van der Waals surface area (Å²) in [5.74, 6) is -1.52. The third kappa shape index (κ3) is 3.72. The Labute approximate surface area is 144 Å². The van der Waals surface area contributed by atoms with Crippen molar-refractivity contribution in [2.45, 2.75) is 12.1 Å². The largest absolute Gasteiger partial charge is 0.544 e. The van der Waals surface area contributed by atoms with Crippen LogP contribution < -0.4 is 5.11 Å². The van der Waals surface area contributed by atoms with Gasteiger partial charge in [-0.25, -0.2) is 4.39 Å². The molecule has 24 heavy (non-hydrogen) atoms. The molecule has 5 nitrogen and oxygen atoms in total. The molecular formula is C16H10FN2O3S2-. The van der Waals surface area contributed by atoms with Crippen molar-refractivity contribution < 1.29 is 18.7 Å². The number of aryl methyl sites for hydroxylation is 1. The lowest BCUT2D eigenvalue weighted by Gasteiger charge is -2.04. The monoisotopic (exact) mass is 361 g/mol. The predicted molar refractivity (Wildman–Crippen MR) is 87.6 cm³/mol. The fourth-order valence-electron chi connectivity index (χ4n) is 1.84. The van der Waals surface area contributed by atoms with Crippen molar-refractivity contribution in [1.82, 2.24) is 10.2 Å². The SMILES string of the molecule is Cc1ccsc1/C=C(/Sc1nnc(-c2ccc(F)cc2)o1)C(=O)[O-].